The summed E-state index contributed by atoms with van der Waals surface area (Å²) in [6.07, 6.45) is 0.518. The quantitative estimate of drug-likeness (QED) is 0.844. The van der Waals surface area contributed by atoms with Gasteiger partial charge in [0.05, 0.1) is 16.4 Å². The van der Waals surface area contributed by atoms with Crippen LogP contribution in [0.1, 0.15) is 23.8 Å². The molecule has 118 valence electrons. The first-order valence-corrected chi connectivity index (χ1v) is 10.6. The first-order chi connectivity index (χ1) is 10.5. The van der Waals surface area contributed by atoms with Gasteiger partial charge in [0.2, 0.25) is 0 Å². The van der Waals surface area contributed by atoms with Crippen LogP contribution in [0.4, 0.5) is 0 Å². The van der Waals surface area contributed by atoms with Crippen LogP contribution in [0.3, 0.4) is 0 Å². The molecule has 0 radical (unpaired) electrons. The number of thiophene rings is 1. The Labute approximate surface area is 137 Å². The van der Waals surface area contributed by atoms with E-state index in [0.717, 1.165) is 9.88 Å². The molecule has 8 heteroatoms. The molecule has 0 aromatic carbocycles. The molecular formula is C14H16N2O3S3. The van der Waals surface area contributed by atoms with Crippen molar-refractivity contribution in [2.45, 2.75) is 19.4 Å². The Morgan fingerprint density at radius 1 is 1.45 bits per heavy atom. The van der Waals surface area contributed by atoms with Crippen LogP contribution in [0.2, 0.25) is 0 Å². The number of sulfone groups is 1. The van der Waals surface area contributed by atoms with Crippen LogP contribution in [0.15, 0.2) is 22.9 Å². The molecule has 1 amide bonds. The first kappa shape index (κ1) is 15.6. The van der Waals surface area contributed by atoms with Gasteiger partial charge in [0.1, 0.15) is 10.7 Å². The summed E-state index contributed by atoms with van der Waals surface area (Å²) in [5.74, 6) is 0.0524. The third-order valence-electron chi connectivity index (χ3n) is 3.71. The summed E-state index contributed by atoms with van der Waals surface area (Å²) >= 11 is 3.02. The fraction of sp³-hybridized carbons (Fsp3) is 0.429. The standard InChI is InChI=1S/C14H16N2O3S3/c1-2-16(10-5-7-22(18,19)9-10)14(17)11-8-21-13(15-11)12-4-3-6-20-12/h3-4,6,8,10H,2,5,7,9H2,1H3. The molecule has 1 saturated heterocycles. The second-order valence-electron chi connectivity index (χ2n) is 5.16. The number of hydrogen-bond acceptors (Lipinski definition) is 6. The Bertz CT molecular complexity index is 765. The number of thiazole rings is 1. The number of hydrogen-bond donors (Lipinski definition) is 0. The van der Waals surface area contributed by atoms with Gasteiger partial charge in [-0.05, 0) is 24.8 Å². The third-order valence-corrected chi connectivity index (χ3v) is 7.34. The highest BCUT2D eigenvalue weighted by Crippen LogP contribution is 2.29. The van der Waals surface area contributed by atoms with E-state index in [4.69, 9.17) is 0 Å². The lowest BCUT2D eigenvalue weighted by Gasteiger charge is -2.25. The molecule has 2 aromatic heterocycles. The SMILES string of the molecule is CCN(C(=O)c1csc(-c2cccs2)n1)C1CCS(=O)(=O)C1. The molecule has 5 nitrogen and oxygen atoms in total. The van der Waals surface area contributed by atoms with Crippen molar-refractivity contribution in [1.29, 1.82) is 0 Å². The van der Waals surface area contributed by atoms with Crippen molar-refractivity contribution in [3.63, 3.8) is 0 Å². The van der Waals surface area contributed by atoms with Crippen LogP contribution in [-0.2, 0) is 9.84 Å². The first-order valence-electron chi connectivity index (χ1n) is 7.01. The van der Waals surface area contributed by atoms with Gasteiger partial charge in [-0.3, -0.25) is 4.79 Å². The van der Waals surface area contributed by atoms with E-state index in [9.17, 15) is 13.2 Å². The van der Waals surface area contributed by atoms with Crippen molar-refractivity contribution < 1.29 is 13.2 Å². The lowest BCUT2D eigenvalue weighted by atomic mass is 10.2. The lowest BCUT2D eigenvalue weighted by Crippen LogP contribution is -2.41. The number of nitrogens with zero attached hydrogens (tertiary/aromatic N) is 2. The number of aromatic nitrogens is 1. The molecule has 0 bridgehead atoms. The van der Waals surface area contributed by atoms with Gasteiger partial charge in [-0.1, -0.05) is 6.07 Å². The molecule has 0 saturated carbocycles. The van der Waals surface area contributed by atoms with Crippen molar-refractivity contribution >= 4 is 38.4 Å². The van der Waals surface area contributed by atoms with Crippen LogP contribution in [-0.4, -0.2) is 48.3 Å². The monoisotopic (exact) mass is 356 g/mol. The highest BCUT2D eigenvalue weighted by Gasteiger charge is 2.34. The summed E-state index contributed by atoms with van der Waals surface area (Å²) in [6, 6.07) is 3.69. The number of carbonyl (C=O) groups is 1. The molecule has 1 atom stereocenters. The molecule has 3 heterocycles. The van der Waals surface area contributed by atoms with Gasteiger partial charge in [0, 0.05) is 18.0 Å². The molecule has 1 aliphatic heterocycles. The van der Waals surface area contributed by atoms with Gasteiger partial charge in [0.25, 0.3) is 5.91 Å². The van der Waals surface area contributed by atoms with Crippen molar-refractivity contribution in [3.8, 4) is 9.88 Å². The van der Waals surface area contributed by atoms with Gasteiger partial charge in [-0.25, -0.2) is 13.4 Å². The zero-order valence-electron chi connectivity index (χ0n) is 12.1. The maximum Gasteiger partial charge on any atom is 0.273 e. The zero-order chi connectivity index (χ0) is 15.7. The normalized spacial score (nSPS) is 20.1. The second kappa shape index (κ2) is 6.10. The van der Waals surface area contributed by atoms with Gasteiger partial charge in [0.15, 0.2) is 9.84 Å². The Morgan fingerprint density at radius 2 is 2.27 bits per heavy atom. The largest absolute Gasteiger partial charge is 0.334 e. The summed E-state index contributed by atoms with van der Waals surface area (Å²) in [4.78, 5) is 19.7. The van der Waals surface area contributed by atoms with E-state index in [-0.39, 0.29) is 23.5 Å². The number of rotatable bonds is 4. The van der Waals surface area contributed by atoms with E-state index < -0.39 is 9.84 Å². The molecule has 3 rings (SSSR count). The lowest BCUT2D eigenvalue weighted by molar-refractivity contribution is 0.0703. The van der Waals surface area contributed by atoms with Crippen molar-refractivity contribution in [3.05, 3.63) is 28.6 Å². The summed E-state index contributed by atoms with van der Waals surface area (Å²) in [5.41, 5.74) is 0.402. The Hall–Kier alpha value is -1.25. The maximum absolute atomic E-state index is 12.6. The molecule has 1 fully saturated rings. The summed E-state index contributed by atoms with van der Waals surface area (Å²) in [5, 5.41) is 4.55. The third kappa shape index (κ3) is 3.09. The Kier molecular flexibility index (Phi) is 4.33. The molecule has 22 heavy (non-hydrogen) atoms. The predicted octanol–water partition coefficient (Wildman–Crippen LogP) is 2.52. The molecular weight excluding hydrogens is 340 g/mol. The number of carbonyl (C=O) groups excluding carboxylic acids is 1. The van der Waals surface area contributed by atoms with Gasteiger partial charge >= 0.3 is 0 Å². The Balaban J connectivity index is 1.80. The van der Waals surface area contributed by atoms with E-state index in [1.807, 2.05) is 24.4 Å². The molecule has 0 N–H and O–H groups in total. The molecule has 1 unspecified atom stereocenters. The van der Waals surface area contributed by atoms with Crippen LogP contribution in [0.5, 0.6) is 0 Å². The van der Waals surface area contributed by atoms with Crippen LogP contribution in [0.25, 0.3) is 9.88 Å². The Morgan fingerprint density at radius 3 is 2.86 bits per heavy atom. The van der Waals surface area contributed by atoms with Gasteiger partial charge < -0.3 is 4.90 Å². The average molecular weight is 356 g/mol. The predicted molar refractivity (Wildman–Crippen MR) is 89.2 cm³/mol. The highest BCUT2D eigenvalue weighted by atomic mass is 32.2. The minimum atomic E-state index is -3.01. The van der Waals surface area contributed by atoms with Crippen molar-refractivity contribution in [2.75, 3.05) is 18.1 Å². The molecule has 2 aromatic rings. The maximum atomic E-state index is 12.6. The smallest absolute Gasteiger partial charge is 0.273 e. The molecule has 1 aliphatic rings. The van der Waals surface area contributed by atoms with Gasteiger partial charge in [-0.15, -0.1) is 22.7 Å². The summed E-state index contributed by atoms with van der Waals surface area (Å²) < 4.78 is 23.3. The van der Waals surface area contributed by atoms with Crippen molar-refractivity contribution in [1.82, 2.24) is 9.88 Å². The number of amides is 1. The fourth-order valence-electron chi connectivity index (χ4n) is 2.62. The fourth-order valence-corrected chi connectivity index (χ4v) is 5.96. The van der Waals surface area contributed by atoms with E-state index in [1.165, 1.54) is 11.3 Å². The second-order valence-corrected chi connectivity index (χ2v) is 9.20. The topological polar surface area (TPSA) is 67.3 Å². The highest BCUT2D eigenvalue weighted by molar-refractivity contribution is 7.91. The van der Waals surface area contributed by atoms with E-state index in [2.05, 4.69) is 4.98 Å². The van der Waals surface area contributed by atoms with Gasteiger partial charge in [-0.2, -0.15) is 0 Å². The molecule has 0 aliphatic carbocycles. The van der Waals surface area contributed by atoms with Crippen LogP contribution in [0, 0.1) is 0 Å². The van der Waals surface area contributed by atoms with Crippen LogP contribution < -0.4 is 0 Å². The summed E-state index contributed by atoms with van der Waals surface area (Å²) in [6.45, 7) is 2.36. The minimum absolute atomic E-state index is 0.0640. The minimum Gasteiger partial charge on any atom is -0.334 e. The zero-order valence-corrected chi connectivity index (χ0v) is 14.5. The average Bonchev–Trinajstić information content (AvgIpc) is 3.18. The van der Waals surface area contributed by atoms with Crippen LogP contribution >= 0.6 is 22.7 Å². The van der Waals surface area contributed by atoms with Crippen molar-refractivity contribution in [2.24, 2.45) is 0 Å². The molecule has 0 spiro atoms. The van der Waals surface area contributed by atoms with E-state index in [0.29, 0.717) is 18.7 Å². The van der Waals surface area contributed by atoms with E-state index >= 15 is 0 Å². The summed E-state index contributed by atoms with van der Waals surface area (Å²) in [7, 11) is -3.01. The van der Waals surface area contributed by atoms with E-state index in [1.54, 1.807) is 21.6 Å².